The van der Waals surface area contributed by atoms with Crippen molar-refractivity contribution in [3.05, 3.63) is 54.3 Å². The van der Waals surface area contributed by atoms with E-state index in [1.807, 2.05) is 30.3 Å². The molecule has 28 heavy (non-hydrogen) atoms. The number of carboxylic acid groups (broad SMARTS) is 1. The number of aliphatic carboxylic acids is 1. The molecule has 0 unspecified atom stereocenters. The zero-order valence-corrected chi connectivity index (χ0v) is 15.2. The summed E-state index contributed by atoms with van der Waals surface area (Å²) in [6, 6.07) is 12.9. The lowest BCUT2D eigenvalue weighted by molar-refractivity contribution is -0.142. The first kappa shape index (κ1) is 17.0. The molecule has 0 bridgehead atoms. The molecule has 0 radical (unpaired) electrons. The van der Waals surface area contributed by atoms with Crippen LogP contribution < -0.4 is 0 Å². The summed E-state index contributed by atoms with van der Waals surface area (Å²) in [7, 11) is 0. The van der Waals surface area contributed by atoms with E-state index >= 15 is 0 Å². The number of aromatic nitrogens is 1. The molecular formula is C22H20N2O4. The van der Waals surface area contributed by atoms with E-state index in [2.05, 4.69) is 4.98 Å². The molecule has 6 nitrogen and oxygen atoms in total. The minimum Gasteiger partial charge on any atom is -0.481 e. The van der Waals surface area contributed by atoms with Gasteiger partial charge in [-0.2, -0.15) is 0 Å². The third kappa shape index (κ3) is 2.85. The second-order valence-corrected chi connectivity index (χ2v) is 7.71. The number of likely N-dealkylation sites (tertiary alicyclic amines) is 1. The lowest BCUT2D eigenvalue weighted by atomic mass is 9.92. The minimum absolute atomic E-state index is 0.0547. The first-order valence-corrected chi connectivity index (χ1v) is 9.57. The van der Waals surface area contributed by atoms with Gasteiger partial charge in [0.25, 0.3) is 5.91 Å². The zero-order chi connectivity index (χ0) is 19.3. The standard InChI is InChI=1S/C22H20N2O4/c25-21(24-11-16(13-7-8-13)17(12-24)22(26)27)15-10-19(20-6-3-9-28-20)23-18-5-2-1-4-14(15)18/h1-6,9-10,13,16-17H,7-8,11-12H2,(H,26,27)/t16-,17+/m1/s1. The predicted octanol–water partition coefficient (Wildman–Crippen LogP) is 3.68. The van der Waals surface area contributed by atoms with Gasteiger partial charge in [-0.3, -0.25) is 9.59 Å². The highest BCUT2D eigenvalue weighted by molar-refractivity contribution is 6.07. The van der Waals surface area contributed by atoms with Crippen LogP contribution in [0.25, 0.3) is 22.4 Å². The van der Waals surface area contributed by atoms with Crippen molar-refractivity contribution in [2.45, 2.75) is 12.8 Å². The van der Waals surface area contributed by atoms with Gasteiger partial charge in [0.2, 0.25) is 0 Å². The number of para-hydroxylation sites is 1. The van der Waals surface area contributed by atoms with Crippen LogP contribution in [0.4, 0.5) is 0 Å². The van der Waals surface area contributed by atoms with Crippen molar-refractivity contribution in [3.8, 4) is 11.5 Å². The van der Waals surface area contributed by atoms with Crippen molar-refractivity contribution in [2.75, 3.05) is 13.1 Å². The van der Waals surface area contributed by atoms with E-state index in [4.69, 9.17) is 4.42 Å². The second-order valence-electron chi connectivity index (χ2n) is 7.71. The number of hydrogen-bond acceptors (Lipinski definition) is 4. The number of nitrogens with zero attached hydrogens (tertiary/aromatic N) is 2. The van der Waals surface area contributed by atoms with Crippen LogP contribution in [0.3, 0.4) is 0 Å². The van der Waals surface area contributed by atoms with Crippen molar-refractivity contribution in [3.63, 3.8) is 0 Å². The molecule has 1 saturated heterocycles. The second kappa shape index (κ2) is 6.48. The monoisotopic (exact) mass is 376 g/mol. The van der Waals surface area contributed by atoms with Gasteiger partial charge in [0.15, 0.2) is 5.76 Å². The number of pyridine rings is 1. The topological polar surface area (TPSA) is 83.6 Å². The van der Waals surface area contributed by atoms with E-state index in [-0.39, 0.29) is 18.4 Å². The summed E-state index contributed by atoms with van der Waals surface area (Å²) < 4.78 is 5.47. The zero-order valence-electron chi connectivity index (χ0n) is 15.2. The maximum atomic E-state index is 13.4. The van der Waals surface area contributed by atoms with Crippen LogP contribution in [0.2, 0.25) is 0 Å². The summed E-state index contributed by atoms with van der Waals surface area (Å²) in [5.74, 6) is -0.329. The molecule has 1 saturated carbocycles. The van der Waals surface area contributed by atoms with Crippen LogP contribution in [-0.4, -0.2) is 40.0 Å². The number of amides is 1. The molecule has 3 heterocycles. The average Bonchev–Trinajstić information content (AvgIpc) is 3.22. The Morgan fingerprint density at radius 3 is 2.64 bits per heavy atom. The van der Waals surface area contributed by atoms with E-state index in [0.29, 0.717) is 35.0 Å². The Morgan fingerprint density at radius 2 is 1.93 bits per heavy atom. The van der Waals surface area contributed by atoms with Gasteiger partial charge in [0.05, 0.1) is 23.3 Å². The Morgan fingerprint density at radius 1 is 1.11 bits per heavy atom. The molecule has 2 atom stereocenters. The van der Waals surface area contributed by atoms with E-state index in [0.717, 1.165) is 18.2 Å². The highest BCUT2D eigenvalue weighted by Crippen LogP contribution is 2.44. The van der Waals surface area contributed by atoms with Crippen LogP contribution >= 0.6 is 0 Å². The van der Waals surface area contributed by atoms with Gasteiger partial charge in [-0.05, 0) is 48.9 Å². The normalized spacial score (nSPS) is 21.9. The van der Waals surface area contributed by atoms with Crippen molar-refractivity contribution in [1.29, 1.82) is 0 Å². The van der Waals surface area contributed by atoms with E-state index in [1.165, 1.54) is 0 Å². The summed E-state index contributed by atoms with van der Waals surface area (Å²) in [5, 5.41) is 10.4. The highest BCUT2D eigenvalue weighted by atomic mass is 16.4. The van der Waals surface area contributed by atoms with Crippen LogP contribution in [0.15, 0.2) is 53.1 Å². The molecule has 1 N–H and O–H groups in total. The maximum Gasteiger partial charge on any atom is 0.308 e. The van der Waals surface area contributed by atoms with Crippen molar-refractivity contribution < 1.29 is 19.1 Å². The van der Waals surface area contributed by atoms with Gasteiger partial charge < -0.3 is 14.4 Å². The summed E-state index contributed by atoms with van der Waals surface area (Å²) in [5.41, 5.74) is 1.85. The third-order valence-electron chi connectivity index (χ3n) is 5.92. The molecule has 5 rings (SSSR count). The van der Waals surface area contributed by atoms with Crippen molar-refractivity contribution in [2.24, 2.45) is 17.8 Å². The molecule has 1 aliphatic carbocycles. The summed E-state index contributed by atoms with van der Waals surface area (Å²) in [6.45, 7) is 0.773. The quantitative estimate of drug-likeness (QED) is 0.751. The van der Waals surface area contributed by atoms with Crippen molar-refractivity contribution in [1.82, 2.24) is 9.88 Å². The summed E-state index contributed by atoms with van der Waals surface area (Å²) in [6.07, 6.45) is 3.71. The van der Waals surface area contributed by atoms with Crippen LogP contribution in [0.5, 0.6) is 0 Å². The Balaban J connectivity index is 1.55. The van der Waals surface area contributed by atoms with Gasteiger partial charge in [-0.25, -0.2) is 4.98 Å². The number of furan rings is 1. The number of carbonyl (C=O) groups is 2. The van der Waals surface area contributed by atoms with Crippen LogP contribution in [0, 0.1) is 17.8 Å². The first-order chi connectivity index (χ1) is 13.6. The third-order valence-corrected chi connectivity index (χ3v) is 5.92. The van der Waals surface area contributed by atoms with Gasteiger partial charge in [0, 0.05) is 18.5 Å². The number of fused-ring (bicyclic) bond motifs is 1. The Bertz CT molecular complexity index is 1060. The molecule has 0 spiro atoms. The molecule has 2 aromatic heterocycles. The van der Waals surface area contributed by atoms with Gasteiger partial charge in [0.1, 0.15) is 5.69 Å². The van der Waals surface area contributed by atoms with E-state index < -0.39 is 11.9 Å². The minimum atomic E-state index is -0.803. The Hall–Kier alpha value is -3.15. The fourth-order valence-electron chi connectivity index (χ4n) is 4.33. The average molecular weight is 376 g/mol. The highest BCUT2D eigenvalue weighted by Gasteiger charge is 2.47. The van der Waals surface area contributed by atoms with Gasteiger partial charge >= 0.3 is 5.97 Å². The van der Waals surface area contributed by atoms with Gasteiger partial charge in [-0.15, -0.1) is 0 Å². The molecule has 3 aromatic rings. The lowest BCUT2D eigenvalue weighted by Gasteiger charge is -2.18. The first-order valence-electron chi connectivity index (χ1n) is 9.57. The maximum absolute atomic E-state index is 13.4. The number of carboxylic acids is 1. The van der Waals surface area contributed by atoms with Crippen LogP contribution in [-0.2, 0) is 4.79 Å². The number of hydrogen-bond donors (Lipinski definition) is 1. The number of benzene rings is 1. The largest absolute Gasteiger partial charge is 0.481 e. The molecule has 2 aliphatic rings. The Labute approximate surface area is 161 Å². The molecule has 1 aromatic carbocycles. The van der Waals surface area contributed by atoms with E-state index in [1.54, 1.807) is 23.3 Å². The fourth-order valence-corrected chi connectivity index (χ4v) is 4.33. The fraction of sp³-hybridized carbons (Fsp3) is 0.318. The molecule has 1 amide bonds. The smallest absolute Gasteiger partial charge is 0.308 e. The SMILES string of the molecule is O=C(O)[C@H]1CN(C(=O)c2cc(-c3ccco3)nc3ccccc23)C[C@@H]1C1CC1. The Kier molecular flexibility index (Phi) is 3.93. The molecule has 142 valence electrons. The van der Waals surface area contributed by atoms with E-state index in [9.17, 15) is 14.7 Å². The van der Waals surface area contributed by atoms with Gasteiger partial charge in [-0.1, -0.05) is 18.2 Å². The number of carbonyl (C=O) groups excluding carboxylic acids is 1. The molecule has 1 aliphatic heterocycles. The van der Waals surface area contributed by atoms with Crippen molar-refractivity contribution >= 4 is 22.8 Å². The molecule has 2 fully saturated rings. The predicted molar refractivity (Wildman–Crippen MR) is 103 cm³/mol. The molecule has 6 heteroatoms. The molecular weight excluding hydrogens is 356 g/mol. The number of rotatable bonds is 4. The summed E-state index contributed by atoms with van der Waals surface area (Å²) >= 11 is 0. The lowest BCUT2D eigenvalue weighted by Crippen LogP contribution is -2.30. The summed E-state index contributed by atoms with van der Waals surface area (Å²) in [4.78, 5) is 31.5. The van der Waals surface area contributed by atoms with Crippen LogP contribution in [0.1, 0.15) is 23.2 Å².